The number of hydrogen-bond donors (Lipinski definition) is 1. The molecule has 2 aromatic carbocycles. The van der Waals surface area contributed by atoms with Crippen molar-refractivity contribution in [2.45, 2.75) is 13.8 Å². The first kappa shape index (κ1) is 20.7. The van der Waals surface area contributed by atoms with Gasteiger partial charge in [-0.1, -0.05) is 24.3 Å². The van der Waals surface area contributed by atoms with Crippen LogP contribution in [0.1, 0.15) is 18.1 Å². The fraction of sp³-hybridized carbons (Fsp3) is 0.292. The number of amides is 3. The van der Waals surface area contributed by atoms with E-state index in [1.54, 1.807) is 24.3 Å². The van der Waals surface area contributed by atoms with E-state index < -0.39 is 0 Å². The van der Waals surface area contributed by atoms with Crippen molar-refractivity contribution in [3.8, 4) is 0 Å². The predicted molar refractivity (Wildman–Crippen MR) is 120 cm³/mol. The number of anilines is 2. The van der Waals surface area contributed by atoms with Gasteiger partial charge in [-0.05, 0) is 42.3 Å². The minimum absolute atomic E-state index is 0.161. The van der Waals surface area contributed by atoms with E-state index in [0.29, 0.717) is 35.6 Å². The van der Waals surface area contributed by atoms with Crippen molar-refractivity contribution in [3.63, 3.8) is 0 Å². The summed E-state index contributed by atoms with van der Waals surface area (Å²) in [6.07, 6.45) is 0. The van der Waals surface area contributed by atoms with Crippen LogP contribution in [-0.4, -0.2) is 60.7 Å². The molecule has 0 atom stereocenters. The number of hydrogen-bond acceptors (Lipinski definition) is 5. The number of nitrogens with zero attached hydrogens (tertiary/aromatic N) is 3. The standard InChI is InChI=1S/C24H26N4O3/c1-16-5-4-6-20(15-16)27-11-13-28(14-12-27)22-21(23(30)26(3)24(22)31)18-7-9-19(10-8-18)25-17(2)29/h4-10,15H,11-14H2,1-3H3,(H,25,29). The molecule has 1 saturated heterocycles. The lowest BCUT2D eigenvalue weighted by Gasteiger charge is -2.37. The molecule has 7 nitrogen and oxygen atoms in total. The molecule has 0 spiro atoms. The van der Waals surface area contributed by atoms with Gasteiger partial charge in [-0.2, -0.15) is 0 Å². The first-order valence-electron chi connectivity index (χ1n) is 10.4. The summed E-state index contributed by atoms with van der Waals surface area (Å²) in [4.78, 5) is 42.6. The Morgan fingerprint density at radius 1 is 0.903 bits per heavy atom. The summed E-state index contributed by atoms with van der Waals surface area (Å²) < 4.78 is 0. The fourth-order valence-corrected chi connectivity index (χ4v) is 4.12. The third-order valence-corrected chi connectivity index (χ3v) is 5.72. The summed E-state index contributed by atoms with van der Waals surface area (Å²) in [6, 6.07) is 15.4. The average Bonchev–Trinajstić information content (AvgIpc) is 2.98. The van der Waals surface area contributed by atoms with Gasteiger partial charge in [-0.25, -0.2) is 0 Å². The topological polar surface area (TPSA) is 73.0 Å². The number of aryl methyl sites for hydroxylation is 1. The second-order valence-electron chi connectivity index (χ2n) is 7.96. The van der Waals surface area contributed by atoms with Gasteiger partial charge in [-0.15, -0.1) is 0 Å². The molecule has 31 heavy (non-hydrogen) atoms. The maximum absolute atomic E-state index is 12.9. The Morgan fingerprint density at radius 3 is 2.16 bits per heavy atom. The first-order chi connectivity index (χ1) is 14.8. The molecule has 2 aromatic rings. The number of rotatable bonds is 4. The molecule has 2 aliphatic rings. The van der Waals surface area contributed by atoms with Crippen molar-refractivity contribution in [3.05, 3.63) is 65.4 Å². The van der Waals surface area contributed by atoms with E-state index in [1.165, 1.54) is 30.1 Å². The first-order valence-corrected chi connectivity index (χ1v) is 10.4. The number of imide groups is 1. The van der Waals surface area contributed by atoms with Crippen LogP contribution >= 0.6 is 0 Å². The lowest BCUT2D eigenvalue weighted by atomic mass is 10.0. The number of carbonyl (C=O) groups is 3. The van der Waals surface area contributed by atoms with Crippen LogP contribution in [0.4, 0.5) is 11.4 Å². The zero-order valence-corrected chi connectivity index (χ0v) is 18.0. The minimum atomic E-state index is -0.298. The highest BCUT2D eigenvalue weighted by Crippen LogP contribution is 2.32. The number of nitrogens with one attached hydrogen (secondary N) is 1. The van der Waals surface area contributed by atoms with Gasteiger partial charge in [0.2, 0.25) is 5.91 Å². The highest BCUT2D eigenvalue weighted by atomic mass is 16.2. The molecule has 0 bridgehead atoms. The van der Waals surface area contributed by atoms with Gasteiger partial charge in [0, 0.05) is 51.5 Å². The van der Waals surface area contributed by atoms with Crippen LogP contribution in [0.15, 0.2) is 54.2 Å². The molecular weight excluding hydrogens is 392 g/mol. The molecule has 0 aliphatic carbocycles. The molecule has 0 saturated carbocycles. The summed E-state index contributed by atoms with van der Waals surface area (Å²) in [5.41, 5.74) is 4.59. The molecule has 2 aliphatic heterocycles. The van der Waals surface area contributed by atoms with E-state index in [0.717, 1.165) is 13.1 Å². The monoisotopic (exact) mass is 418 g/mol. The second kappa shape index (κ2) is 8.26. The van der Waals surface area contributed by atoms with Gasteiger partial charge in [0.1, 0.15) is 5.70 Å². The Labute approximate surface area is 181 Å². The lowest BCUT2D eigenvalue weighted by molar-refractivity contribution is -0.136. The second-order valence-corrected chi connectivity index (χ2v) is 7.96. The van der Waals surface area contributed by atoms with Gasteiger partial charge >= 0.3 is 0 Å². The van der Waals surface area contributed by atoms with E-state index in [4.69, 9.17) is 0 Å². The average molecular weight is 418 g/mol. The van der Waals surface area contributed by atoms with E-state index in [-0.39, 0.29) is 17.7 Å². The van der Waals surface area contributed by atoms with Gasteiger partial charge in [0.05, 0.1) is 5.57 Å². The molecule has 160 valence electrons. The number of likely N-dealkylation sites (N-methyl/N-ethyl adjacent to an activating group) is 1. The van der Waals surface area contributed by atoms with Crippen molar-refractivity contribution < 1.29 is 14.4 Å². The summed E-state index contributed by atoms with van der Waals surface area (Å²) >= 11 is 0. The minimum Gasteiger partial charge on any atom is -0.368 e. The van der Waals surface area contributed by atoms with Gasteiger partial charge in [-0.3, -0.25) is 19.3 Å². The predicted octanol–water partition coefficient (Wildman–Crippen LogP) is 2.49. The summed E-state index contributed by atoms with van der Waals surface area (Å²) in [7, 11) is 1.52. The van der Waals surface area contributed by atoms with Crippen molar-refractivity contribution in [2.24, 2.45) is 0 Å². The fourth-order valence-electron chi connectivity index (χ4n) is 4.12. The Morgan fingerprint density at radius 2 is 1.55 bits per heavy atom. The normalized spacial score (nSPS) is 16.9. The largest absolute Gasteiger partial charge is 0.368 e. The summed E-state index contributed by atoms with van der Waals surface area (Å²) in [5, 5.41) is 2.72. The van der Waals surface area contributed by atoms with E-state index >= 15 is 0 Å². The maximum atomic E-state index is 12.9. The Kier molecular flexibility index (Phi) is 5.50. The molecule has 1 N–H and O–H groups in total. The molecule has 0 radical (unpaired) electrons. The molecule has 0 aromatic heterocycles. The van der Waals surface area contributed by atoms with Crippen LogP contribution in [0.5, 0.6) is 0 Å². The smallest absolute Gasteiger partial charge is 0.277 e. The van der Waals surface area contributed by atoms with Crippen LogP contribution in [0.25, 0.3) is 5.57 Å². The van der Waals surface area contributed by atoms with Crippen LogP contribution in [0.3, 0.4) is 0 Å². The molecule has 1 fully saturated rings. The zero-order chi connectivity index (χ0) is 22.1. The van der Waals surface area contributed by atoms with Crippen LogP contribution in [0, 0.1) is 6.92 Å². The Hall–Kier alpha value is -3.61. The number of piperazine rings is 1. The van der Waals surface area contributed by atoms with E-state index in [1.807, 2.05) is 4.90 Å². The summed E-state index contributed by atoms with van der Waals surface area (Å²) in [5.74, 6) is -0.727. The number of benzene rings is 2. The lowest BCUT2D eigenvalue weighted by Crippen LogP contribution is -2.47. The van der Waals surface area contributed by atoms with Crippen LogP contribution in [-0.2, 0) is 14.4 Å². The third-order valence-electron chi connectivity index (χ3n) is 5.72. The highest BCUT2D eigenvalue weighted by Gasteiger charge is 2.40. The van der Waals surface area contributed by atoms with Crippen molar-refractivity contribution >= 4 is 34.7 Å². The van der Waals surface area contributed by atoms with Crippen molar-refractivity contribution in [2.75, 3.05) is 43.4 Å². The van der Waals surface area contributed by atoms with Crippen LogP contribution in [0.2, 0.25) is 0 Å². The molecule has 3 amide bonds. The Bertz CT molecular complexity index is 1070. The maximum Gasteiger partial charge on any atom is 0.277 e. The highest BCUT2D eigenvalue weighted by molar-refractivity contribution is 6.35. The molecule has 2 heterocycles. The van der Waals surface area contributed by atoms with Gasteiger partial charge in [0.25, 0.3) is 11.8 Å². The van der Waals surface area contributed by atoms with Crippen molar-refractivity contribution in [1.82, 2.24) is 9.80 Å². The van der Waals surface area contributed by atoms with E-state index in [2.05, 4.69) is 41.4 Å². The molecule has 0 unspecified atom stereocenters. The Balaban J connectivity index is 1.60. The number of carbonyl (C=O) groups excluding carboxylic acids is 3. The van der Waals surface area contributed by atoms with Crippen LogP contribution < -0.4 is 10.2 Å². The molecule has 7 heteroatoms. The zero-order valence-electron chi connectivity index (χ0n) is 18.0. The third kappa shape index (κ3) is 4.03. The van der Waals surface area contributed by atoms with Gasteiger partial charge < -0.3 is 15.1 Å². The van der Waals surface area contributed by atoms with E-state index in [9.17, 15) is 14.4 Å². The quantitative estimate of drug-likeness (QED) is 0.773. The molecule has 4 rings (SSSR count). The molecular formula is C24H26N4O3. The van der Waals surface area contributed by atoms with Gasteiger partial charge in [0.15, 0.2) is 0 Å². The summed E-state index contributed by atoms with van der Waals surface area (Å²) in [6.45, 7) is 6.37. The van der Waals surface area contributed by atoms with Crippen molar-refractivity contribution in [1.29, 1.82) is 0 Å². The SMILES string of the molecule is CC(=O)Nc1ccc(C2=C(N3CCN(c4cccc(C)c4)CC3)C(=O)N(C)C2=O)cc1.